The number of ether oxygens (including phenoxy) is 3. The number of carbonyl (C=O) groups is 3. The molecule has 5 aliphatic rings. The summed E-state index contributed by atoms with van der Waals surface area (Å²) < 4.78 is 16.8. The van der Waals surface area contributed by atoms with E-state index in [2.05, 4.69) is 83.5 Å². The highest BCUT2D eigenvalue weighted by atomic mass is 16.6. The van der Waals surface area contributed by atoms with Crippen LogP contribution >= 0.6 is 0 Å². The summed E-state index contributed by atoms with van der Waals surface area (Å²) in [5.74, 6) is 4.95. The molecule has 5 saturated carbocycles. The molecular formula is C68H113NO8. The van der Waals surface area contributed by atoms with Gasteiger partial charge < -0.3 is 24.4 Å². The van der Waals surface area contributed by atoms with Crippen LogP contribution in [0.4, 0.5) is 0 Å². The smallest absolute Gasteiger partial charge is 0.336 e. The molecule has 0 heterocycles. The van der Waals surface area contributed by atoms with Crippen molar-refractivity contribution in [2.24, 2.45) is 35.5 Å². The first-order valence-electron chi connectivity index (χ1n) is 31.9. The number of hydrogen-bond acceptors (Lipinski definition) is 9. The van der Waals surface area contributed by atoms with Crippen molar-refractivity contribution in [2.75, 3.05) is 32.8 Å². The van der Waals surface area contributed by atoms with Crippen molar-refractivity contribution >= 4 is 17.9 Å². The monoisotopic (exact) mass is 1070 g/mol. The predicted molar refractivity (Wildman–Crippen MR) is 318 cm³/mol. The largest absolute Gasteiger partial charge is 0.459 e. The molecule has 5 fully saturated rings. The van der Waals surface area contributed by atoms with Gasteiger partial charge in [0.05, 0.1) is 24.4 Å². The molecule has 0 bridgehead atoms. The van der Waals surface area contributed by atoms with Crippen molar-refractivity contribution in [2.45, 2.75) is 271 Å². The molecule has 0 aliphatic heterocycles. The fourth-order valence-corrected chi connectivity index (χ4v) is 13.5. The summed E-state index contributed by atoms with van der Waals surface area (Å²) in [6, 6.07) is 9.07. The number of unbranched alkanes of at least 4 members (excludes halogenated alkanes) is 6. The molecule has 5 aliphatic carbocycles. The average molecular weight is 1070 g/mol. The molecule has 2 N–H and O–H groups in total. The van der Waals surface area contributed by atoms with Crippen LogP contribution in [0, 0.1) is 35.5 Å². The van der Waals surface area contributed by atoms with Crippen LogP contribution in [-0.4, -0.2) is 83.7 Å². The van der Waals surface area contributed by atoms with Crippen molar-refractivity contribution in [3.63, 3.8) is 0 Å². The molecule has 438 valence electrons. The lowest BCUT2D eigenvalue weighted by molar-refractivity contribution is -0.158. The van der Waals surface area contributed by atoms with E-state index in [-0.39, 0.29) is 48.1 Å². The van der Waals surface area contributed by atoms with Crippen LogP contribution in [0.15, 0.2) is 60.7 Å². The number of aliphatic hydroxyl groups is 2. The van der Waals surface area contributed by atoms with E-state index in [0.29, 0.717) is 18.0 Å². The van der Waals surface area contributed by atoms with Crippen molar-refractivity contribution in [1.82, 2.24) is 4.90 Å². The minimum atomic E-state index is -0.461. The summed E-state index contributed by atoms with van der Waals surface area (Å²) in [5, 5.41) is 17.9. The van der Waals surface area contributed by atoms with Gasteiger partial charge in [0.15, 0.2) is 0 Å². The Kier molecular flexibility index (Phi) is 31.7. The molecule has 1 aromatic carbocycles. The summed E-state index contributed by atoms with van der Waals surface area (Å²) in [7, 11) is 0. The number of carbonyl (C=O) groups excluding carboxylic acids is 3. The molecule has 0 atom stereocenters. The summed E-state index contributed by atoms with van der Waals surface area (Å²) in [6.45, 7) is 26.0. The lowest BCUT2D eigenvalue weighted by Crippen LogP contribution is -2.38. The highest BCUT2D eigenvalue weighted by Crippen LogP contribution is 2.45. The zero-order valence-corrected chi connectivity index (χ0v) is 50.1. The summed E-state index contributed by atoms with van der Waals surface area (Å²) >= 11 is 0. The molecule has 0 radical (unpaired) electrons. The average Bonchev–Trinajstić information content (AvgIpc) is 3.45. The topological polar surface area (TPSA) is 123 Å². The van der Waals surface area contributed by atoms with Crippen LogP contribution in [0.5, 0.6) is 0 Å². The van der Waals surface area contributed by atoms with E-state index < -0.39 is 11.9 Å². The standard InChI is InChI=1S/C25H45NO2.C22H38O3.C21H30O3/c1-5-8-9-10-21-11-13-22(14-12-21)23-15-17-24(18-16-23)28-25(27)20(4)19-26(6-2)7-3;1-4-5-6-7-18-8-10-19(11-9-18)20-12-14-22(3,15-13-20)25-21(24)17(2)16-23;1-3-4-5-6-17-7-9-18(10-8-17)19-11-13-20(14-12-19)24-21(23)16(2)15-22/h21-24H,4-19H2,1-3H3;18-20,23H,2,4-16H2,1,3H3;7-10,19-20,22H,2-6,11-15H2,1H3. The molecule has 0 amide bonds. The van der Waals surface area contributed by atoms with E-state index in [9.17, 15) is 14.4 Å². The van der Waals surface area contributed by atoms with Gasteiger partial charge in [-0.05, 0) is 188 Å². The Morgan fingerprint density at radius 1 is 0.519 bits per heavy atom. The normalized spacial score (nSPS) is 27.4. The molecular weight excluding hydrogens is 959 g/mol. The quantitative estimate of drug-likeness (QED) is 0.0384. The molecule has 1 aromatic rings. The third kappa shape index (κ3) is 24.2. The molecule has 0 aromatic heterocycles. The molecule has 77 heavy (non-hydrogen) atoms. The molecule has 9 nitrogen and oxygen atoms in total. The first-order chi connectivity index (χ1) is 37.2. The lowest BCUT2D eigenvalue weighted by Gasteiger charge is -2.41. The van der Waals surface area contributed by atoms with Crippen molar-refractivity contribution < 1.29 is 38.8 Å². The third-order valence-corrected chi connectivity index (χ3v) is 19.0. The second-order valence-electron chi connectivity index (χ2n) is 24.8. The van der Waals surface area contributed by atoms with E-state index >= 15 is 0 Å². The van der Waals surface area contributed by atoms with Crippen LogP contribution in [0.25, 0.3) is 0 Å². The van der Waals surface area contributed by atoms with Gasteiger partial charge in [-0.1, -0.05) is 169 Å². The van der Waals surface area contributed by atoms with Gasteiger partial charge in [0.2, 0.25) is 0 Å². The molecule has 9 heteroatoms. The summed E-state index contributed by atoms with van der Waals surface area (Å²) in [4.78, 5) is 38.1. The maximum absolute atomic E-state index is 12.4. The first kappa shape index (κ1) is 66.2. The number of likely N-dealkylation sites (N-methyl/N-ethyl adjacent to an activating group) is 1. The Bertz CT molecular complexity index is 1830. The lowest BCUT2D eigenvalue weighted by atomic mass is 9.68. The fourth-order valence-electron chi connectivity index (χ4n) is 13.5. The third-order valence-electron chi connectivity index (χ3n) is 19.0. The SMILES string of the molecule is C=C(CN(CC)CC)C(=O)OC1CCC(C2CCC(CCCCC)CC2)CC1.C=C(CO)C(=O)OC1(C)CCC(C2CCC(CCCCC)CC2)CC1.C=C(CO)C(=O)OC1CCC(c2ccc(CCCCC)cc2)CC1. The van der Waals surface area contributed by atoms with Gasteiger partial charge in [0.1, 0.15) is 17.8 Å². The molecule has 0 saturated heterocycles. The second kappa shape index (κ2) is 36.9. The van der Waals surface area contributed by atoms with Crippen LogP contribution < -0.4 is 0 Å². The summed E-state index contributed by atoms with van der Waals surface area (Å²) in [5.41, 5.74) is 3.35. The zero-order chi connectivity index (χ0) is 56.0. The van der Waals surface area contributed by atoms with Gasteiger partial charge in [-0.25, -0.2) is 14.4 Å². The number of hydrogen-bond donors (Lipinski definition) is 2. The Morgan fingerprint density at radius 3 is 1.36 bits per heavy atom. The van der Waals surface area contributed by atoms with E-state index in [4.69, 9.17) is 24.4 Å². The van der Waals surface area contributed by atoms with Crippen LogP contribution in [0.3, 0.4) is 0 Å². The van der Waals surface area contributed by atoms with Crippen molar-refractivity contribution in [3.8, 4) is 0 Å². The fraction of sp³-hybridized carbons (Fsp3) is 0.779. The maximum Gasteiger partial charge on any atom is 0.336 e. The van der Waals surface area contributed by atoms with Gasteiger partial charge in [-0.3, -0.25) is 4.90 Å². The molecule has 6 rings (SSSR count). The number of esters is 3. The molecule has 0 spiro atoms. The van der Waals surface area contributed by atoms with E-state index in [1.165, 1.54) is 165 Å². The van der Waals surface area contributed by atoms with E-state index in [1.54, 1.807) is 0 Å². The number of aliphatic hydroxyl groups excluding tert-OH is 2. The number of rotatable bonds is 27. The Labute approximate surface area is 470 Å². The van der Waals surface area contributed by atoms with Crippen molar-refractivity contribution in [1.29, 1.82) is 0 Å². The maximum atomic E-state index is 12.4. The van der Waals surface area contributed by atoms with E-state index in [1.807, 2.05) is 6.92 Å². The highest BCUT2D eigenvalue weighted by molar-refractivity contribution is 5.89. The van der Waals surface area contributed by atoms with Crippen LogP contribution in [-0.2, 0) is 35.0 Å². The minimum Gasteiger partial charge on any atom is -0.459 e. The zero-order valence-electron chi connectivity index (χ0n) is 50.1. The first-order valence-corrected chi connectivity index (χ1v) is 31.9. The minimum absolute atomic E-state index is 0.0367. The van der Waals surface area contributed by atoms with Crippen molar-refractivity contribution in [3.05, 3.63) is 71.8 Å². The van der Waals surface area contributed by atoms with Crippen LogP contribution in [0.1, 0.15) is 258 Å². The van der Waals surface area contributed by atoms with Gasteiger partial charge in [-0.2, -0.15) is 0 Å². The Morgan fingerprint density at radius 2 is 0.922 bits per heavy atom. The van der Waals surface area contributed by atoms with Gasteiger partial charge in [-0.15, -0.1) is 0 Å². The van der Waals surface area contributed by atoms with Gasteiger partial charge in [0, 0.05) is 12.1 Å². The Hall–Kier alpha value is -3.27. The van der Waals surface area contributed by atoms with Gasteiger partial charge in [0.25, 0.3) is 0 Å². The predicted octanol–water partition coefficient (Wildman–Crippen LogP) is 16.3. The number of nitrogens with zero attached hydrogens (tertiary/aromatic N) is 1. The Balaban J connectivity index is 0.000000250. The second-order valence-corrected chi connectivity index (χ2v) is 24.8. The number of aryl methyl sites for hydroxylation is 1. The number of benzene rings is 1. The van der Waals surface area contributed by atoms with Gasteiger partial charge >= 0.3 is 17.9 Å². The highest BCUT2D eigenvalue weighted by Gasteiger charge is 2.39. The van der Waals surface area contributed by atoms with Crippen LogP contribution in [0.2, 0.25) is 0 Å². The molecule has 0 unspecified atom stereocenters. The summed E-state index contributed by atoms with van der Waals surface area (Å²) in [6.07, 6.45) is 40.4. The van der Waals surface area contributed by atoms with E-state index in [0.717, 1.165) is 100.0 Å².